The number of benzene rings is 1. The Labute approximate surface area is 119 Å². The molecule has 5 heteroatoms. The minimum atomic E-state index is -0.555. The Morgan fingerprint density at radius 3 is 2.45 bits per heavy atom. The standard InChI is InChI=1S/C15H20N2O3/c1-5-9-15(2,3)13(18)16-11-7-6-8-12(10-11)17-14(19)20-4/h5-8,10H,1,9H2,2-4H3,(H,16,18)(H,17,19). The van der Waals surface area contributed by atoms with Crippen molar-refractivity contribution in [2.24, 2.45) is 5.41 Å². The van der Waals surface area contributed by atoms with Gasteiger partial charge in [-0.05, 0) is 24.6 Å². The lowest BCUT2D eigenvalue weighted by Crippen LogP contribution is -2.30. The van der Waals surface area contributed by atoms with Gasteiger partial charge in [-0.25, -0.2) is 4.79 Å². The Morgan fingerprint density at radius 2 is 1.90 bits per heavy atom. The molecule has 1 aromatic rings. The zero-order chi connectivity index (χ0) is 15.2. The quantitative estimate of drug-likeness (QED) is 0.810. The average Bonchev–Trinajstić information content (AvgIpc) is 2.38. The zero-order valence-electron chi connectivity index (χ0n) is 12.0. The molecule has 0 aromatic heterocycles. The van der Waals surface area contributed by atoms with Crippen LogP contribution in [0, 0.1) is 5.41 Å². The average molecular weight is 276 g/mol. The summed E-state index contributed by atoms with van der Waals surface area (Å²) in [5, 5.41) is 5.36. The molecule has 20 heavy (non-hydrogen) atoms. The first-order valence-electron chi connectivity index (χ1n) is 6.26. The summed E-state index contributed by atoms with van der Waals surface area (Å²) >= 11 is 0. The van der Waals surface area contributed by atoms with E-state index >= 15 is 0 Å². The van der Waals surface area contributed by atoms with Gasteiger partial charge in [0.1, 0.15) is 0 Å². The van der Waals surface area contributed by atoms with Crippen molar-refractivity contribution < 1.29 is 14.3 Å². The third-order valence-electron chi connectivity index (χ3n) is 2.82. The Morgan fingerprint density at radius 1 is 1.30 bits per heavy atom. The Balaban J connectivity index is 2.78. The Hall–Kier alpha value is -2.30. The Bertz CT molecular complexity index is 510. The van der Waals surface area contributed by atoms with Gasteiger partial charge in [0.2, 0.25) is 5.91 Å². The fraction of sp³-hybridized carbons (Fsp3) is 0.333. The van der Waals surface area contributed by atoms with Gasteiger partial charge in [0.05, 0.1) is 7.11 Å². The van der Waals surface area contributed by atoms with Crippen LogP contribution in [0.2, 0.25) is 0 Å². The molecule has 0 saturated carbocycles. The van der Waals surface area contributed by atoms with Crippen LogP contribution in [0.25, 0.3) is 0 Å². The number of allylic oxidation sites excluding steroid dienone is 1. The normalized spacial score (nSPS) is 10.6. The number of methoxy groups -OCH3 is 1. The maximum Gasteiger partial charge on any atom is 0.411 e. The summed E-state index contributed by atoms with van der Waals surface area (Å²) in [6.07, 6.45) is 1.74. The minimum Gasteiger partial charge on any atom is -0.453 e. The number of nitrogens with one attached hydrogen (secondary N) is 2. The van der Waals surface area contributed by atoms with E-state index in [0.29, 0.717) is 17.8 Å². The second-order valence-electron chi connectivity index (χ2n) is 5.03. The SMILES string of the molecule is C=CCC(C)(C)C(=O)Nc1cccc(NC(=O)OC)c1. The van der Waals surface area contributed by atoms with Crippen LogP contribution in [0.5, 0.6) is 0 Å². The number of carbonyl (C=O) groups excluding carboxylic acids is 2. The van der Waals surface area contributed by atoms with Gasteiger partial charge in [0, 0.05) is 16.8 Å². The molecule has 2 amide bonds. The van der Waals surface area contributed by atoms with Gasteiger partial charge in [-0.1, -0.05) is 26.0 Å². The molecule has 0 heterocycles. The predicted octanol–water partition coefficient (Wildman–Crippen LogP) is 3.41. The molecule has 108 valence electrons. The molecule has 0 aliphatic rings. The van der Waals surface area contributed by atoms with E-state index in [2.05, 4.69) is 21.9 Å². The number of carbonyl (C=O) groups is 2. The van der Waals surface area contributed by atoms with Gasteiger partial charge in [-0.15, -0.1) is 6.58 Å². The van der Waals surface area contributed by atoms with Crippen molar-refractivity contribution in [3.05, 3.63) is 36.9 Å². The summed E-state index contributed by atoms with van der Waals surface area (Å²) in [4.78, 5) is 23.3. The van der Waals surface area contributed by atoms with Gasteiger partial charge >= 0.3 is 6.09 Å². The fourth-order valence-corrected chi connectivity index (χ4v) is 1.60. The predicted molar refractivity (Wildman–Crippen MR) is 79.7 cm³/mol. The number of hydrogen-bond donors (Lipinski definition) is 2. The van der Waals surface area contributed by atoms with Crippen LogP contribution in [0.3, 0.4) is 0 Å². The van der Waals surface area contributed by atoms with Crippen molar-refractivity contribution in [1.82, 2.24) is 0 Å². The third kappa shape index (κ3) is 4.42. The molecule has 0 bridgehead atoms. The van der Waals surface area contributed by atoms with Crippen LogP contribution < -0.4 is 10.6 Å². The summed E-state index contributed by atoms with van der Waals surface area (Å²) in [6, 6.07) is 6.87. The second kappa shape index (κ2) is 6.75. The van der Waals surface area contributed by atoms with E-state index in [-0.39, 0.29) is 5.91 Å². The van der Waals surface area contributed by atoms with E-state index in [4.69, 9.17) is 0 Å². The first-order valence-corrected chi connectivity index (χ1v) is 6.26. The van der Waals surface area contributed by atoms with E-state index in [1.165, 1.54) is 7.11 Å². The molecule has 5 nitrogen and oxygen atoms in total. The molecule has 1 aromatic carbocycles. The lowest BCUT2D eigenvalue weighted by atomic mass is 9.88. The van der Waals surface area contributed by atoms with Gasteiger partial charge in [-0.2, -0.15) is 0 Å². The first kappa shape index (κ1) is 15.8. The largest absolute Gasteiger partial charge is 0.453 e. The first-order chi connectivity index (χ1) is 9.39. The highest BCUT2D eigenvalue weighted by molar-refractivity contribution is 5.95. The number of hydrogen-bond acceptors (Lipinski definition) is 3. The summed E-state index contributed by atoms with van der Waals surface area (Å²) in [7, 11) is 1.29. The highest BCUT2D eigenvalue weighted by atomic mass is 16.5. The van der Waals surface area contributed by atoms with E-state index in [1.54, 1.807) is 30.3 Å². The maximum absolute atomic E-state index is 12.1. The van der Waals surface area contributed by atoms with Crippen LogP contribution in [-0.2, 0) is 9.53 Å². The second-order valence-corrected chi connectivity index (χ2v) is 5.03. The van der Waals surface area contributed by atoms with Crippen LogP contribution in [0.4, 0.5) is 16.2 Å². The smallest absolute Gasteiger partial charge is 0.411 e. The maximum atomic E-state index is 12.1. The van der Waals surface area contributed by atoms with E-state index < -0.39 is 11.5 Å². The third-order valence-corrected chi connectivity index (χ3v) is 2.82. The van der Waals surface area contributed by atoms with Crippen LogP contribution in [0.1, 0.15) is 20.3 Å². The summed E-state index contributed by atoms with van der Waals surface area (Å²) in [5.41, 5.74) is 0.630. The van der Waals surface area contributed by atoms with Crippen molar-refractivity contribution in [2.45, 2.75) is 20.3 Å². The van der Waals surface area contributed by atoms with E-state index in [0.717, 1.165) is 0 Å². The molecule has 0 atom stereocenters. The summed E-state index contributed by atoms with van der Waals surface area (Å²) in [6.45, 7) is 7.35. The van der Waals surface area contributed by atoms with Crippen LogP contribution in [0.15, 0.2) is 36.9 Å². The van der Waals surface area contributed by atoms with E-state index in [9.17, 15) is 9.59 Å². The Kier molecular flexibility index (Phi) is 5.32. The highest BCUT2D eigenvalue weighted by Gasteiger charge is 2.25. The molecular weight excluding hydrogens is 256 g/mol. The van der Waals surface area contributed by atoms with Crippen molar-refractivity contribution >= 4 is 23.4 Å². The topological polar surface area (TPSA) is 67.4 Å². The summed E-state index contributed by atoms with van der Waals surface area (Å²) < 4.78 is 4.51. The molecule has 0 aliphatic carbocycles. The van der Waals surface area contributed by atoms with Crippen LogP contribution >= 0.6 is 0 Å². The zero-order valence-corrected chi connectivity index (χ0v) is 12.0. The van der Waals surface area contributed by atoms with Crippen molar-refractivity contribution in [3.63, 3.8) is 0 Å². The fourth-order valence-electron chi connectivity index (χ4n) is 1.60. The molecule has 2 N–H and O–H groups in total. The van der Waals surface area contributed by atoms with Gasteiger partial charge in [0.15, 0.2) is 0 Å². The molecule has 0 fully saturated rings. The van der Waals surface area contributed by atoms with Crippen LogP contribution in [-0.4, -0.2) is 19.1 Å². The van der Waals surface area contributed by atoms with Gasteiger partial charge < -0.3 is 10.1 Å². The van der Waals surface area contributed by atoms with Crippen molar-refractivity contribution in [2.75, 3.05) is 17.7 Å². The molecule has 0 unspecified atom stereocenters. The molecule has 0 spiro atoms. The number of rotatable bonds is 5. The number of ether oxygens (including phenoxy) is 1. The number of amides is 2. The lowest BCUT2D eigenvalue weighted by Gasteiger charge is -2.22. The molecule has 0 aliphatic heterocycles. The lowest BCUT2D eigenvalue weighted by molar-refractivity contribution is -0.123. The van der Waals surface area contributed by atoms with Gasteiger partial charge in [0.25, 0.3) is 0 Å². The highest BCUT2D eigenvalue weighted by Crippen LogP contribution is 2.24. The monoisotopic (exact) mass is 276 g/mol. The van der Waals surface area contributed by atoms with E-state index in [1.807, 2.05) is 13.8 Å². The van der Waals surface area contributed by atoms with Gasteiger partial charge in [-0.3, -0.25) is 10.1 Å². The number of anilines is 2. The van der Waals surface area contributed by atoms with Crippen molar-refractivity contribution in [1.29, 1.82) is 0 Å². The van der Waals surface area contributed by atoms with Crippen molar-refractivity contribution in [3.8, 4) is 0 Å². The molecule has 1 rings (SSSR count). The molecule has 0 radical (unpaired) electrons. The molecular formula is C15H20N2O3. The molecule has 0 saturated heterocycles. The summed E-state index contributed by atoms with van der Waals surface area (Å²) in [5.74, 6) is -0.104. The minimum absolute atomic E-state index is 0.104.